The van der Waals surface area contributed by atoms with Gasteiger partial charge in [-0.15, -0.1) is 0 Å². The van der Waals surface area contributed by atoms with Gasteiger partial charge in [-0.25, -0.2) is 5.43 Å². The second kappa shape index (κ2) is 10.8. The number of hydrogen-bond acceptors (Lipinski definition) is 7. The molecule has 0 atom stereocenters. The molecule has 186 valence electrons. The Morgan fingerprint density at radius 2 is 1.58 bits per heavy atom. The van der Waals surface area contributed by atoms with Crippen molar-refractivity contribution in [3.8, 4) is 17.2 Å². The van der Waals surface area contributed by atoms with Gasteiger partial charge in [0.1, 0.15) is 16.9 Å². The molecule has 9 heteroatoms. The molecule has 2 amide bonds. The molecule has 4 aromatic rings. The van der Waals surface area contributed by atoms with Gasteiger partial charge in [-0.2, -0.15) is 5.10 Å². The van der Waals surface area contributed by atoms with E-state index in [4.69, 9.17) is 18.6 Å². The van der Waals surface area contributed by atoms with Crippen LogP contribution in [0.4, 0.5) is 5.69 Å². The quantitative estimate of drug-likeness (QED) is 0.261. The van der Waals surface area contributed by atoms with Gasteiger partial charge < -0.3 is 23.9 Å². The van der Waals surface area contributed by atoms with Crippen LogP contribution in [-0.2, 0) is 16.0 Å². The van der Waals surface area contributed by atoms with Gasteiger partial charge in [0.25, 0.3) is 0 Å². The molecule has 1 heterocycles. The Kier molecular flexibility index (Phi) is 7.39. The Hall–Kier alpha value is -4.53. The third-order valence-corrected chi connectivity index (χ3v) is 5.57. The van der Waals surface area contributed by atoms with Crippen LogP contribution in [-0.4, -0.2) is 38.9 Å². The Labute approximate surface area is 208 Å². The summed E-state index contributed by atoms with van der Waals surface area (Å²) in [6.07, 6.45) is 0.0794. The van der Waals surface area contributed by atoms with E-state index in [9.17, 15) is 9.59 Å². The van der Waals surface area contributed by atoms with E-state index < -0.39 is 0 Å². The van der Waals surface area contributed by atoms with Gasteiger partial charge in [0.15, 0.2) is 11.5 Å². The molecular weight excluding hydrogens is 462 g/mol. The first-order valence-corrected chi connectivity index (χ1v) is 11.2. The minimum atomic E-state index is -0.320. The summed E-state index contributed by atoms with van der Waals surface area (Å²) in [6, 6.07) is 16.5. The number of fused-ring (bicyclic) bond motifs is 3. The maximum atomic E-state index is 12.6. The molecule has 0 unspecified atom stereocenters. The summed E-state index contributed by atoms with van der Waals surface area (Å²) in [5.74, 6) is 1.01. The topological polar surface area (TPSA) is 111 Å². The van der Waals surface area contributed by atoms with E-state index in [1.165, 1.54) is 7.11 Å². The van der Waals surface area contributed by atoms with E-state index >= 15 is 0 Å². The lowest BCUT2D eigenvalue weighted by molar-refractivity contribution is -0.120. The fraction of sp³-hybridized carbons (Fsp3) is 0.222. The average Bonchev–Trinajstić information content (AvgIpc) is 3.24. The molecule has 2 N–H and O–H groups in total. The second-order valence-corrected chi connectivity index (χ2v) is 8.12. The summed E-state index contributed by atoms with van der Waals surface area (Å²) < 4.78 is 21.9. The highest BCUT2D eigenvalue weighted by atomic mass is 16.5. The van der Waals surface area contributed by atoms with Crippen LogP contribution in [0.1, 0.15) is 18.9 Å². The van der Waals surface area contributed by atoms with Gasteiger partial charge in [-0.1, -0.05) is 24.3 Å². The van der Waals surface area contributed by atoms with E-state index in [1.54, 1.807) is 45.4 Å². The molecule has 0 saturated carbocycles. The summed E-state index contributed by atoms with van der Waals surface area (Å²) in [6.45, 7) is 1.66. The van der Waals surface area contributed by atoms with E-state index in [0.29, 0.717) is 34.2 Å². The number of benzene rings is 3. The number of carbonyl (C=O) groups excluding carboxylic acids is 2. The molecule has 36 heavy (non-hydrogen) atoms. The van der Waals surface area contributed by atoms with Crippen molar-refractivity contribution in [2.24, 2.45) is 5.10 Å². The summed E-state index contributed by atoms with van der Waals surface area (Å²) in [5.41, 5.74) is 5.55. The minimum Gasteiger partial charge on any atom is -0.495 e. The van der Waals surface area contributed by atoms with Crippen LogP contribution < -0.4 is 25.0 Å². The summed E-state index contributed by atoms with van der Waals surface area (Å²) in [4.78, 5) is 25.0. The highest BCUT2D eigenvalue weighted by Crippen LogP contribution is 2.36. The number of rotatable bonds is 9. The number of furan rings is 1. The van der Waals surface area contributed by atoms with Crippen molar-refractivity contribution in [2.45, 2.75) is 19.8 Å². The van der Waals surface area contributed by atoms with Gasteiger partial charge >= 0.3 is 0 Å². The van der Waals surface area contributed by atoms with Gasteiger partial charge in [0, 0.05) is 22.6 Å². The first kappa shape index (κ1) is 24.6. The number of nitrogens with one attached hydrogen (secondary N) is 2. The van der Waals surface area contributed by atoms with Crippen molar-refractivity contribution in [3.63, 3.8) is 0 Å². The van der Waals surface area contributed by atoms with E-state index in [0.717, 1.165) is 21.9 Å². The average molecular weight is 490 g/mol. The Morgan fingerprint density at radius 3 is 2.33 bits per heavy atom. The molecule has 4 rings (SSSR count). The fourth-order valence-corrected chi connectivity index (χ4v) is 3.86. The Bertz CT molecular complexity index is 1460. The number of amides is 2. The SMILES string of the molecule is COc1cc2c(cc1NC(=O)C/C(C)=N\NC(=O)Cc1ccc(OC)c(OC)c1)oc1ccccc12. The molecular formula is C27H27N3O6. The zero-order valence-electron chi connectivity index (χ0n) is 20.5. The van der Waals surface area contributed by atoms with E-state index in [2.05, 4.69) is 15.8 Å². The summed E-state index contributed by atoms with van der Waals surface area (Å²) in [5, 5.41) is 8.75. The van der Waals surface area contributed by atoms with E-state index in [1.807, 2.05) is 30.3 Å². The molecule has 0 saturated heterocycles. The standard InChI is InChI=1S/C27H27N3O6/c1-16(29-30-27(32)13-17-9-10-22(33-2)25(12-17)35-4)11-26(31)28-20-15-23-19(14-24(20)34-3)18-7-5-6-8-21(18)36-23/h5-10,12,14-15H,11,13H2,1-4H3,(H,28,31)(H,30,32)/b29-16-. The number of para-hydroxylation sites is 1. The number of carbonyl (C=O) groups is 2. The molecule has 0 spiro atoms. The van der Waals surface area contributed by atoms with Crippen LogP contribution in [0.15, 0.2) is 64.1 Å². The molecule has 0 bridgehead atoms. The van der Waals surface area contributed by atoms with Crippen molar-refractivity contribution in [1.82, 2.24) is 5.43 Å². The predicted octanol–water partition coefficient (Wildman–Crippen LogP) is 4.68. The van der Waals surface area contributed by atoms with Gasteiger partial charge in [-0.3, -0.25) is 9.59 Å². The molecule has 0 aliphatic heterocycles. The molecule has 9 nitrogen and oxygen atoms in total. The van der Waals surface area contributed by atoms with Crippen molar-refractivity contribution >= 4 is 45.2 Å². The lowest BCUT2D eigenvalue weighted by atomic mass is 10.1. The molecule has 0 fully saturated rings. The maximum Gasteiger partial charge on any atom is 0.244 e. The molecule has 1 aromatic heterocycles. The summed E-state index contributed by atoms with van der Waals surface area (Å²) >= 11 is 0. The maximum absolute atomic E-state index is 12.6. The van der Waals surface area contributed by atoms with Gasteiger partial charge in [-0.05, 0) is 36.8 Å². The van der Waals surface area contributed by atoms with Crippen molar-refractivity contribution in [3.05, 3.63) is 60.2 Å². The van der Waals surface area contributed by atoms with E-state index in [-0.39, 0.29) is 24.7 Å². The zero-order valence-corrected chi connectivity index (χ0v) is 20.5. The normalized spacial score (nSPS) is 11.4. The predicted molar refractivity (Wildman–Crippen MR) is 138 cm³/mol. The number of ether oxygens (including phenoxy) is 3. The lowest BCUT2D eigenvalue weighted by Gasteiger charge is -2.10. The zero-order chi connectivity index (χ0) is 25.7. The number of hydrazone groups is 1. The van der Waals surface area contributed by atoms with Crippen LogP contribution in [0.3, 0.4) is 0 Å². The third-order valence-electron chi connectivity index (χ3n) is 5.57. The number of nitrogens with zero attached hydrogens (tertiary/aromatic N) is 1. The number of methoxy groups -OCH3 is 3. The smallest absolute Gasteiger partial charge is 0.244 e. The monoisotopic (exact) mass is 489 g/mol. The van der Waals surface area contributed by atoms with Crippen LogP contribution in [0.2, 0.25) is 0 Å². The van der Waals surface area contributed by atoms with Gasteiger partial charge in [0.2, 0.25) is 11.8 Å². The van der Waals surface area contributed by atoms with Crippen LogP contribution >= 0.6 is 0 Å². The van der Waals surface area contributed by atoms with Crippen LogP contribution in [0.5, 0.6) is 17.2 Å². The first-order valence-electron chi connectivity index (χ1n) is 11.2. The highest BCUT2D eigenvalue weighted by Gasteiger charge is 2.15. The van der Waals surface area contributed by atoms with Gasteiger partial charge in [0.05, 0.1) is 39.9 Å². The fourth-order valence-electron chi connectivity index (χ4n) is 3.86. The number of hydrogen-bond donors (Lipinski definition) is 2. The van der Waals surface area contributed by atoms with Crippen molar-refractivity contribution < 1.29 is 28.2 Å². The third kappa shape index (κ3) is 5.41. The van der Waals surface area contributed by atoms with Crippen molar-refractivity contribution in [1.29, 1.82) is 0 Å². The Balaban J connectivity index is 1.38. The molecule has 0 aliphatic rings. The second-order valence-electron chi connectivity index (χ2n) is 8.12. The highest BCUT2D eigenvalue weighted by molar-refractivity contribution is 6.10. The first-order chi connectivity index (χ1) is 17.4. The van der Waals surface area contributed by atoms with Crippen LogP contribution in [0.25, 0.3) is 21.9 Å². The molecule has 0 aliphatic carbocycles. The van der Waals surface area contributed by atoms with Crippen LogP contribution in [0, 0.1) is 0 Å². The molecule has 3 aromatic carbocycles. The van der Waals surface area contributed by atoms with Crippen molar-refractivity contribution in [2.75, 3.05) is 26.6 Å². The minimum absolute atomic E-state index is 0.0159. The Morgan fingerprint density at radius 1 is 0.833 bits per heavy atom. The number of anilines is 1. The largest absolute Gasteiger partial charge is 0.495 e. The molecule has 0 radical (unpaired) electrons. The lowest BCUT2D eigenvalue weighted by Crippen LogP contribution is -2.23. The summed E-state index contributed by atoms with van der Waals surface area (Å²) in [7, 11) is 4.62.